The largest absolute Gasteiger partial charge is 0.444 e. The minimum absolute atomic E-state index is 0.00116. The number of alkyl carbamates (subject to hydrolysis) is 1. The van der Waals surface area contributed by atoms with Crippen molar-refractivity contribution in [3.8, 4) is 0 Å². The summed E-state index contributed by atoms with van der Waals surface area (Å²) in [6, 6.07) is 0. The lowest BCUT2D eigenvalue weighted by molar-refractivity contribution is -0.161. The summed E-state index contributed by atoms with van der Waals surface area (Å²) in [4.78, 5) is 92.0. The smallest absolute Gasteiger partial charge is 0.407 e. The van der Waals surface area contributed by atoms with E-state index in [1.807, 2.05) is 58.1 Å². The third-order valence-electron chi connectivity index (χ3n) is 25.4. The Balaban J connectivity index is 0.000000179. The number of nitrogens with one attached hydrogen (secondary N) is 1. The number of amides is 1. The first-order valence-electron chi connectivity index (χ1n) is 29.6. The fourth-order valence-corrected chi connectivity index (χ4v) is 20.7. The molecule has 15 atom stereocenters. The van der Waals surface area contributed by atoms with Crippen LogP contribution in [0.5, 0.6) is 0 Å². The van der Waals surface area contributed by atoms with Gasteiger partial charge in [-0.3, -0.25) is 9.59 Å². The summed E-state index contributed by atoms with van der Waals surface area (Å²) in [6.07, 6.45) is 21.9. The Morgan fingerprint density at radius 2 is 1.08 bits per heavy atom. The van der Waals surface area contributed by atoms with E-state index in [-0.39, 0.29) is 115 Å². The predicted octanol–water partition coefficient (Wildman–Crippen LogP) is 13.5. The molecular weight excluding hydrogens is 977 g/mol. The minimum atomic E-state index is -0.671. The molecule has 1 heterocycles. The third-order valence-corrected chi connectivity index (χ3v) is 25.4. The summed E-state index contributed by atoms with van der Waals surface area (Å²) in [5, 5.41) is 3.37. The number of hydrogen-bond donors (Lipinski definition) is 1. The van der Waals surface area contributed by atoms with Gasteiger partial charge in [-0.05, 0) is 158 Å². The first-order valence-corrected chi connectivity index (χ1v) is 29.6. The molecule has 12 nitrogen and oxygen atoms in total. The van der Waals surface area contributed by atoms with E-state index < -0.39 is 32.7 Å². The Labute approximate surface area is 464 Å². The van der Waals surface area contributed by atoms with Crippen molar-refractivity contribution in [3.63, 3.8) is 0 Å². The maximum Gasteiger partial charge on any atom is 0.407 e. The van der Waals surface area contributed by atoms with Gasteiger partial charge < -0.3 is 24.4 Å². The Kier molecular flexibility index (Phi) is 12.9. The summed E-state index contributed by atoms with van der Waals surface area (Å²) in [5.41, 5.74) is -1.67. The van der Waals surface area contributed by atoms with Crippen LogP contribution in [0.3, 0.4) is 0 Å². The summed E-state index contributed by atoms with van der Waals surface area (Å²) >= 11 is 0. The van der Waals surface area contributed by atoms with E-state index in [1.165, 1.54) is 0 Å². The van der Waals surface area contributed by atoms with Crippen LogP contribution >= 0.6 is 0 Å². The molecular formula is C66H88N4O8. The molecule has 1 amide bonds. The number of carbonyl (C=O) groups excluding carboxylic acids is 6. The van der Waals surface area contributed by atoms with E-state index >= 15 is 0 Å². The van der Waals surface area contributed by atoms with Crippen LogP contribution in [0, 0.1) is 103 Å². The molecule has 0 spiro atoms. The number of allylic oxidation sites excluding steroid dienone is 8. The van der Waals surface area contributed by atoms with Gasteiger partial charge in [0.1, 0.15) is 6.10 Å². The second-order valence-corrected chi connectivity index (χ2v) is 30.9. The number of aliphatic imine (C=N–C) groups is 1. The summed E-state index contributed by atoms with van der Waals surface area (Å²) in [6.45, 7) is 47.2. The van der Waals surface area contributed by atoms with Crippen molar-refractivity contribution in [1.29, 1.82) is 0 Å². The van der Waals surface area contributed by atoms with Crippen LogP contribution in [0.25, 0.3) is 9.69 Å². The van der Waals surface area contributed by atoms with Crippen LogP contribution < -0.4 is 5.32 Å². The highest BCUT2D eigenvalue weighted by Gasteiger charge is 2.72. The highest BCUT2D eigenvalue weighted by Crippen LogP contribution is 2.76. The minimum Gasteiger partial charge on any atom is -0.444 e. The molecule has 1 saturated heterocycles. The van der Waals surface area contributed by atoms with Crippen LogP contribution in [0.1, 0.15) is 193 Å². The fourth-order valence-electron chi connectivity index (χ4n) is 20.7. The van der Waals surface area contributed by atoms with Gasteiger partial charge in [0.2, 0.25) is 17.5 Å². The van der Waals surface area contributed by atoms with Gasteiger partial charge in [-0.2, -0.15) is 4.99 Å². The van der Waals surface area contributed by atoms with Crippen LogP contribution in [0.4, 0.5) is 4.79 Å². The third kappa shape index (κ3) is 7.73. The maximum absolute atomic E-state index is 14.6. The number of ketones is 4. The number of carbonyl (C=O) groups is 5. The van der Waals surface area contributed by atoms with Crippen molar-refractivity contribution < 1.29 is 38.2 Å². The Bertz CT molecular complexity index is 2930. The number of rotatable bonds is 3. The Hall–Kier alpha value is -4.77. The summed E-state index contributed by atoms with van der Waals surface area (Å²) < 4.78 is 11.2. The molecule has 0 unspecified atom stereocenters. The average Bonchev–Trinajstić information content (AvgIpc) is 3.33. The number of hydrogen-bond acceptors (Lipinski definition) is 9. The molecule has 0 radical (unpaired) electrons. The highest BCUT2D eigenvalue weighted by atomic mass is 16.6. The highest BCUT2D eigenvalue weighted by molar-refractivity contribution is 6.04. The molecule has 7 fully saturated rings. The van der Waals surface area contributed by atoms with Crippen molar-refractivity contribution in [1.82, 2.24) is 5.32 Å². The van der Waals surface area contributed by atoms with Crippen molar-refractivity contribution in [2.75, 3.05) is 13.2 Å². The standard InChI is InChI=1S/C35H48N2O5.C31H40N2O3/c1-30(2)12-14-35(37-29(40)42-21-10-16-41-20-21)15-13-34(7)27(22(35)18-30)24(38)17-26-32(5)19-23(36-8)28(39)31(3,4)25(32)9-11-33(26,34)6;1-26(2)11-13-31(33-18-34)14-12-30(7)24(19(31)16-26)21(35)15-23-28(5)17-20(32-8)25(36)27(3,4)22(28)9-10-29(23,30)6/h17,19,21-22,25,27H,9-16,18,20H2,1-7H3,(H,37,40);15,17,19,22,24H,9-14,16H2,1-7H3/t21-,22-,25-,27-,32-,33+,34+,35-;19-,22-,24-,28-,29+,30+,31-/m00/s1. The van der Waals surface area contributed by atoms with Gasteiger partial charge in [0.25, 0.3) is 0 Å². The van der Waals surface area contributed by atoms with Crippen molar-refractivity contribution >= 4 is 35.3 Å². The first kappa shape index (κ1) is 56.5. The van der Waals surface area contributed by atoms with E-state index in [4.69, 9.17) is 22.6 Å². The van der Waals surface area contributed by atoms with Crippen LogP contribution in [-0.4, -0.2) is 65.7 Å². The second kappa shape index (κ2) is 17.9. The van der Waals surface area contributed by atoms with E-state index in [0.717, 1.165) is 101 Å². The van der Waals surface area contributed by atoms with Crippen LogP contribution in [-0.2, 0) is 33.4 Å². The van der Waals surface area contributed by atoms with Crippen LogP contribution in [0.15, 0.2) is 51.8 Å². The quantitative estimate of drug-likeness (QED) is 0.166. The Morgan fingerprint density at radius 3 is 1.55 bits per heavy atom. The molecule has 0 aromatic heterocycles. The molecule has 10 aliphatic carbocycles. The predicted molar refractivity (Wildman–Crippen MR) is 297 cm³/mol. The summed E-state index contributed by atoms with van der Waals surface area (Å²) in [5.74, 6) is -0.187. The van der Waals surface area contributed by atoms with E-state index in [2.05, 4.69) is 89.2 Å². The number of ether oxygens (including phenoxy) is 2. The monoisotopic (exact) mass is 1060 g/mol. The van der Waals surface area contributed by atoms with Crippen molar-refractivity contribution in [2.45, 2.75) is 210 Å². The van der Waals surface area contributed by atoms with Crippen molar-refractivity contribution in [2.24, 2.45) is 94.6 Å². The van der Waals surface area contributed by atoms with Gasteiger partial charge >= 0.3 is 6.09 Å². The fraction of sp³-hybridized carbons (Fsp3) is 0.758. The zero-order valence-corrected chi connectivity index (χ0v) is 49.5. The molecule has 6 saturated carbocycles. The van der Waals surface area contributed by atoms with E-state index in [1.54, 1.807) is 0 Å². The molecule has 12 heteroatoms. The van der Waals surface area contributed by atoms with Gasteiger partial charge in [-0.25, -0.2) is 19.3 Å². The molecule has 1 aliphatic heterocycles. The zero-order valence-electron chi connectivity index (χ0n) is 49.5. The number of Topliss-reactive ketones (excluding diaryl/α,β-unsaturated/α-hetero) is 2. The lowest BCUT2D eigenvalue weighted by Crippen LogP contribution is -2.69. The first-order chi connectivity index (χ1) is 36.1. The van der Waals surface area contributed by atoms with E-state index in [0.29, 0.717) is 19.6 Å². The molecule has 78 heavy (non-hydrogen) atoms. The molecule has 0 aromatic carbocycles. The lowest BCUT2D eigenvalue weighted by Gasteiger charge is -2.69. The number of isocyanates is 1. The molecule has 1 N–H and O–H groups in total. The molecule has 11 aliphatic rings. The van der Waals surface area contributed by atoms with Crippen LogP contribution in [0.2, 0.25) is 0 Å². The second-order valence-electron chi connectivity index (χ2n) is 30.9. The van der Waals surface area contributed by atoms with E-state index in [9.17, 15) is 28.8 Å². The zero-order chi connectivity index (χ0) is 57.0. The normalized spacial score (nSPS) is 45.8. The van der Waals surface area contributed by atoms with Gasteiger partial charge in [0, 0.05) is 45.5 Å². The lowest BCUT2D eigenvalue weighted by atomic mass is 9.35. The SMILES string of the molecule is [C-]#[N+]C1=C[C@]2(C)C3=CC(=O)[C@@H]4[C@@H]5CC(C)(C)CC[C@]5(N=C=O)CC[C@@]4(C)[C@]3(C)CC[C@H]2C(C)(C)C1=O.[C-]#[N+]C1=C[C@]2(C)C3=CC(=O)[C@@H]4[C@@H]5CC(C)(C)CC[C@]5(NC(=O)O[C@H]5CCOC5)CC[C@@]4(C)[C@]3(C)CC[C@H]2C(C)(C)C1=O. The summed E-state index contributed by atoms with van der Waals surface area (Å²) in [7, 11) is 0. The Morgan fingerprint density at radius 1 is 0.628 bits per heavy atom. The maximum atomic E-state index is 14.6. The van der Waals surface area contributed by atoms with Crippen molar-refractivity contribution in [3.05, 3.63) is 69.7 Å². The topological polar surface area (TPSA) is 154 Å². The van der Waals surface area contributed by atoms with Gasteiger partial charge in [0.15, 0.2) is 23.1 Å². The van der Waals surface area contributed by atoms with Gasteiger partial charge in [0.05, 0.1) is 31.9 Å². The van der Waals surface area contributed by atoms with Gasteiger partial charge in [-0.15, -0.1) is 0 Å². The average molecular weight is 1070 g/mol. The molecule has 420 valence electrons. The molecule has 0 bridgehead atoms. The van der Waals surface area contributed by atoms with Gasteiger partial charge in [-0.1, -0.05) is 120 Å². The molecule has 11 rings (SSSR count). The number of nitrogens with zero attached hydrogens (tertiary/aromatic N) is 3. The molecule has 0 aromatic rings. The number of fused-ring (bicyclic) bond motifs is 14.